The fraction of sp³-hybridized carbons (Fsp3) is 0.308. The van der Waals surface area contributed by atoms with Crippen molar-refractivity contribution in [3.05, 3.63) is 84.1 Å². The summed E-state index contributed by atoms with van der Waals surface area (Å²) in [7, 11) is 2.81. The lowest BCUT2D eigenvalue weighted by atomic mass is 9.58. The first kappa shape index (κ1) is 19.2. The van der Waals surface area contributed by atoms with E-state index < -0.39 is 23.0 Å². The number of anilines is 1. The molecule has 4 aliphatic rings. The molecule has 0 spiro atoms. The highest BCUT2D eigenvalue weighted by atomic mass is 16.5. The number of carbonyl (C=O) groups is 2. The molecule has 6 nitrogen and oxygen atoms in total. The van der Waals surface area contributed by atoms with Gasteiger partial charge in [0.25, 0.3) is 0 Å². The predicted octanol–water partition coefficient (Wildman–Crippen LogP) is 3.73. The number of fused-ring (bicyclic) bond motifs is 9. The van der Waals surface area contributed by atoms with Crippen LogP contribution in [0, 0.1) is 17.3 Å². The molecule has 2 aliphatic carbocycles. The van der Waals surface area contributed by atoms with Crippen molar-refractivity contribution in [2.45, 2.75) is 18.0 Å². The van der Waals surface area contributed by atoms with Crippen LogP contribution < -0.4 is 5.01 Å². The molecule has 162 valence electrons. The van der Waals surface area contributed by atoms with E-state index in [9.17, 15) is 9.59 Å². The van der Waals surface area contributed by atoms with Crippen LogP contribution in [0.25, 0.3) is 6.08 Å². The van der Waals surface area contributed by atoms with Gasteiger partial charge in [0.15, 0.2) is 5.54 Å². The Bertz CT molecular complexity index is 1150. The maximum atomic E-state index is 13.9. The third kappa shape index (κ3) is 1.92. The maximum absolute atomic E-state index is 13.9. The minimum absolute atomic E-state index is 0.153. The van der Waals surface area contributed by atoms with Gasteiger partial charge >= 0.3 is 11.9 Å². The van der Waals surface area contributed by atoms with Crippen LogP contribution in [-0.2, 0) is 19.1 Å². The zero-order valence-corrected chi connectivity index (χ0v) is 18.0. The minimum Gasteiger partial charge on any atom is -0.468 e. The van der Waals surface area contributed by atoms with Crippen molar-refractivity contribution < 1.29 is 19.1 Å². The van der Waals surface area contributed by atoms with E-state index in [4.69, 9.17) is 9.47 Å². The highest BCUT2D eigenvalue weighted by molar-refractivity contribution is 6.00. The van der Waals surface area contributed by atoms with Crippen molar-refractivity contribution in [2.75, 3.05) is 19.2 Å². The van der Waals surface area contributed by atoms with Crippen molar-refractivity contribution in [3.8, 4) is 0 Å². The van der Waals surface area contributed by atoms with Crippen LogP contribution in [0.3, 0.4) is 0 Å². The first-order chi connectivity index (χ1) is 15.6. The van der Waals surface area contributed by atoms with Crippen LogP contribution in [0.15, 0.2) is 72.9 Å². The first-order valence-electron chi connectivity index (χ1n) is 10.9. The molecule has 1 saturated heterocycles. The molecule has 6 heteroatoms. The van der Waals surface area contributed by atoms with Gasteiger partial charge in [-0.3, -0.25) is 14.8 Å². The highest BCUT2D eigenvalue weighted by Gasteiger charge is 2.85. The largest absolute Gasteiger partial charge is 0.468 e. The smallest absolute Gasteiger partial charge is 0.335 e. The molecular weight excluding hydrogens is 404 g/mol. The number of hydrazine groups is 1. The molecule has 0 N–H and O–H groups in total. The molecule has 2 aliphatic heterocycles. The number of para-hydroxylation sites is 1. The number of methoxy groups -OCH3 is 2. The zero-order chi connectivity index (χ0) is 22.1. The van der Waals surface area contributed by atoms with Gasteiger partial charge in [-0.05, 0) is 41.7 Å². The Labute approximate surface area is 186 Å². The fourth-order valence-corrected chi connectivity index (χ4v) is 6.85. The Balaban J connectivity index is 1.75. The van der Waals surface area contributed by atoms with E-state index in [1.54, 1.807) is 0 Å². The Morgan fingerprint density at radius 1 is 0.906 bits per heavy atom. The number of esters is 2. The molecule has 32 heavy (non-hydrogen) atoms. The van der Waals surface area contributed by atoms with Crippen molar-refractivity contribution in [1.82, 2.24) is 5.01 Å². The number of carbonyl (C=O) groups excluding carboxylic acids is 2. The molecule has 2 bridgehead atoms. The van der Waals surface area contributed by atoms with Crippen molar-refractivity contribution in [2.24, 2.45) is 17.3 Å². The van der Waals surface area contributed by atoms with Gasteiger partial charge in [0.2, 0.25) is 0 Å². The lowest BCUT2D eigenvalue weighted by Crippen LogP contribution is -2.66. The van der Waals surface area contributed by atoms with Crippen LogP contribution >= 0.6 is 0 Å². The topological polar surface area (TPSA) is 59.1 Å². The lowest BCUT2D eigenvalue weighted by molar-refractivity contribution is -0.169. The molecule has 5 atom stereocenters. The lowest BCUT2D eigenvalue weighted by Gasteiger charge is -2.46. The van der Waals surface area contributed by atoms with Crippen molar-refractivity contribution in [3.63, 3.8) is 0 Å². The summed E-state index contributed by atoms with van der Waals surface area (Å²) in [6, 6.07) is 17.4. The number of hydrogen-bond acceptors (Lipinski definition) is 6. The van der Waals surface area contributed by atoms with Gasteiger partial charge in [0, 0.05) is 12.1 Å². The zero-order valence-electron chi connectivity index (χ0n) is 18.0. The van der Waals surface area contributed by atoms with Crippen molar-refractivity contribution >= 4 is 23.7 Å². The van der Waals surface area contributed by atoms with E-state index >= 15 is 0 Å². The van der Waals surface area contributed by atoms with E-state index in [0.29, 0.717) is 6.42 Å². The Morgan fingerprint density at radius 3 is 2.34 bits per heavy atom. The predicted molar refractivity (Wildman–Crippen MR) is 119 cm³/mol. The number of hydrogen-bond donors (Lipinski definition) is 0. The van der Waals surface area contributed by atoms with Crippen LogP contribution in [0.1, 0.15) is 23.6 Å². The van der Waals surface area contributed by atoms with Gasteiger partial charge in [0.1, 0.15) is 5.41 Å². The number of nitrogens with zero attached hydrogens (tertiary/aromatic N) is 2. The number of rotatable bonds is 3. The van der Waals surface area contributed by atoms with Crippen molar-refractivity contribution in [1.29, 1.82) is 0 Å². The highest BCUT2D eigenvalue weighted by Crippen LogP contribution is 2.73. The van der Waals surface area contributed by atoms with E-state index in [1.165, 1.54) is 14.2 Å². The van der Waals surface area contributed by atoms with Gasteiger partial charge < -0.3 is 9.47 Å². The molecule has 0 amide bonds. The molecule has 2 aromatic carbocycles. The van der Waals surface area contributed by atoms with Crippen LogP contribution in [0.2, 0.25) is 0 Å². The second kappa shape index (κ2) is 6.48. The van der Waals surface area contributed by atoms with E-state index in [0.717, 1.165) is 16.8 Å². The summed E-state index contributed by atoms with van der Waals surface area (Å²) < 4.78 is 11.0. The third-order valence-electron chi connectivity index (χ3n) is 7.81. The van der Waals surface area contributed by atoms with Crippen LogP contribution in [0.5, 0.6) is 0 Å². The van der Waals surface area contributed by atoms with Gasteiger partial charge in [-0.1, -0.05) is 54.6 Å². The second-order valence-electron chi connectivity index (χ2n) is 8.83. The molecule has 0 aromatic heterocycles. The first-order valence-corrected chi connectivity index (χ1v) is 10.9. The fourth-order valence-electron chi connectivity index (χ4n) is 6.85. The quantitative estimate of drug-likeness (QED) is 0.549. The minimum atomic E-state index is -1.26. The average Bonchev–Trinajstić information content (AvgIpc) is 3.51. The summed E-state index contributed by atoms with van der Waals surface area (Å²) in [5, 5.41) is 4.05. The summed E-state index contributed by atoms with van der Waals surface area (Å²) in [5.74, 6) is -1.13. The van der Waals surface area contributed by atoms with E-state index in [1.807, 2.05) is 71.9 Å². The number of benzene rings is 2. The summed E-state index contributed by atoms with van der Waals surface area (Å²) in [6.45, 7) is 0. The Morgan fingerprint density at radius 2 is 1.59 bits per heavy atom. The van der Waals surface area contributed by atoms with Gasteiger partial charge in [-0.15, -0.1) is 0 Å². The SMILES string of the molecule is COC(=O)[C@]12[C@@H]3C=C[C@@H](C3)[C@@]1(C(=O)OC)N(c1ccccc1)N1C=Cc3ccccc3[C@@H]12. The monoisotopic (exact) mass is 428 g/mol. The van der Waals surface area contributed by atoms with Crippen LogP contribution in [0.4, 0.5) is 5.69 Å². The summed E-state index contributed by atoms with van der Waals surface area (Å²) >= 11 is 0. The molecule has 2 fully saturated rings. The maximum Gasteiger partial charge on any atom is 0.335 e. The molecule has 2 aromatic rings. The normalized spacial score (nSPS) is 33.0. The third-order valence-corrected chi connectivity index (χ3v) is 7.81. The number of ether oxygens (including phenoxy) is 2. The Hall–Kier alpha value is -3.54. The molecular formula is C26H24N2O4. The number of allylic oxidation sites excluding steroid dienone is 1. The molecule has 6 rings (SSSR count). The van der Waals surface area contributed by atoms with E-state index in [-0.39, 0.29) is 17.8 Å². The molecule has 1 saturated carbocycles. The summed E-state index contributed by atoms with van der Waals surface area (Å²) in [4.78, 5) is 27.8. The van der Waals surface area contributed by atoms with Crippen LogP contribution in [-0.4, -0.2) is 36.7 Å². The second-order valence-corrected chi connectivity index (χ2v) is 8.83. The summed E-state index contributed by atoms with van der Waals surface area (Å²) in [6.07, 6.45) is 8.88. The standard InChI is InChI=1S/C26H24N2O4/c1-31-23(29)25-18-12-13-19(16-18)26(25,24(30)32-2)28(20-9-4-3-5-10-20)27-15-14-17-8-6-7-11-21(17)22(25)27/h3-15,18-19,22H,16H2,1-2H3/t18-,19+,22-,25-,26+/m1/s1. The Kier molecular flexibility index (Phi) is 3.88. The van der Waals surface area contributed by atoms with Gasteiger partial charge in [-0.2, -0.15) is 0 Å². The molecule has 0 radical (unpaired) electrons. The van der Waals surface area contributed by atoms with Gasteiger partial charge in [0.05, 0.1) is 25.9 Å². The van der Waals surface area contributed by atoms with Gasteiger partial charge in [-0.25, -0.2) is 4.79 Å². The summed E-state index contributed by atoms with van der Waals surface area (Å²) in [5.41, 5.74) is 0.455. The van der Waals surface area contributed by atoms with E-state index in [2.05, 4.69) is 17.2 Å². The molecule has 0 unspecified atom stereocenters. The average molecular weight is 428 g/mol. The molecule has 2 heterocycles.